The van der Waals surface area contributed by atoms with Crippen molar-refractivity contribution in [2.75, 3.05) is 33.8 Å². The van der Waals surface area contributed by atoms with Gasteiger partial charge in [-0.3, -0.25) is 14.4 Å². The third-order valence-electron chi connectivity index (χ3n) is 4.84. The van der Waals surface area contributed by atoms with Crippen LogP contribution in [0.25, 0.3) is 10.2 Å². The van der Waals surface area contributed by atoms with Crippen molar-refractivity contribution >= 4 is 33.4 Å². The lowest BCUT2D eigenvalue weighted by Crippen LogP contribution is -2.42. The maximum absolute atomic E-state index is 13.1. The van der Waals surface area contributed by atoms with E-state index in [2.05, 4.69) is 9.97 Å². The summed E-state index contributed by atoms with van der Waals surface area (Å²) in [5.41, 5.74) is 0.422. The van der Waals surface area contributed by atoms with E-state index in [1.54, 1.807) is 18.7 Å². The van der Waals surface area contributed by atoms with Crippen LogP contribution in [0.4, 0.5) is 0 Å². The summed E-state index contributed by atoms with van der Waals surface area (Å²) in [7, 11) is 3.80. The average molecular weight is 407 g/mol. The first-order chi connectivity index (χ1) is 13.3. The molecule has 28 heavy (non-hydrogen) atoms. The molecule has 0 aromatic carbocycles. The predicted molar refractivity (Wildman–Crippen MR) is 108 cm³/mol. The number of rotatable bonds is 5. The number of aromatic nitrogens is 2. The molecular weight excluding hydrogens is 380 g/mol. The Morgan fingerprint density at radius 2 is 2.14 bits per heavy atom. The standard InChI is InChI=1S/C19H26N4O4S/c1-5-27-19(26)12-7-6-8-23(9-12)18(25)15-11(2)14-16(24)20-13(10-22(3)4)21-17(14)28-15/h12H,5-10H2,1-4H3,(H,20,21,24). The number of likely N-dealkylation sites (tertiary alicyclic amines) is 1. The number of hydrogen-bond donors (Lipinski definition) is 1. The van der Waals surface area contributed by atoms with Crippen molar-refractivity contribution in [1.29, 1.82) is 0 Å². The van der Waals surface area contributed by atoms with Crippen LogP contribution in [0.2, 0.25) is 0 Å². The Hall–Kier alpha value is -2.26. The van der Waals surface area contributed by atoms with Crippen molar-refractivity contribution < 1.29 is 14.3 Å². The van der Waals surface area contributed by atoms with E-state index in [4.69, 9.17) is 4.74 Å². The smallest absolute Gasteiger partial charge is 0.310 e. The van der Waals surface area contributed by atoms with Crippen LogP contribution in [0, 0.1) is 12.8 Å². The second-order valence-corrected chi connectivity index (χ2v) is 8.33. The minimum atomic E-state index is -0.291. The van der Waals surface area contributed by atoms with Crippen molar-refractivity contribution in [2.24, 2.45) is 5.92 Å². The molecule has 1 N–H and O–H groups in total. The molecular formula is C19H26N4O4S. The number of aromatic amines is 1. The summed E-state index contributed by atoms with van der Waals surface area (Å²) in [5.74, 6) is -0.119. The van der Waals surface area contributed by atoms with E-state index in [0.717, 1.165) is 12.8 Å². The van der Waals surface area contributed by atoms with E-state index in [-0.39, 0.29) is 23.4 Å². The van der Waals surface area contributed by atoms with E-state index < -0.39 is 0 Å². The van der Waals surface area contributed by atoms with Crippen molar-refractivity contribution in [2.45, 2.75) is 33.2 Å². The van der Waals surface area contributed by atoms with Crippen LogP contribution in [-0.4, -0.2) is 65.4 Å². The van der Waals surface area contributed by atoms with Crippen molar-refractivity contribution in [3.05, 3.63) is 26.6 Å². The van der Waals surface area contributed by atoms with E-state index in [1.807, 2.05) is 19.0 Å². The third kappa shape index (κ3) is 4.10. The zero-order chi connectivity index (χ0) is 20.4. The molecule has 1 unspecified atom stereocenters. The number of esters is 1. The molecule has 152 valence electrons. The molecule has 1 atom stereocenters. The molecule has 3 heterocycles. The van der Waals surface area contributed by atoms with Gasteiger partial charge in [0.05, 0.1) is 29.3 Å². The molecule has 1 saturated heterocycles. The van der Waals surface area contributed by atoms with Crippen LogP contribution in [0.1, 0.15) is 40.8 Å². The number of fused-ring (bicyclic) bond motifs is 1. The Morgan fingerprint density at radius 1 is 1.39 bits per heavy atom. The van der Waals surface area contributed by atoms with Gasteiger partial charge >= 0.3 is 5.97 Å². The van der Waals surface area contributed by atoms with E-state index in [0.29, 0.717) is 52.7 Å². The van der Waals surface area contributed by atoms with Gasteiger partial charge in [-0.05, 0) is 46.3 Å². The molecule has 0 aliphatic carbocycles. The fourth-order valence-corrected chi connectivity index (χ4v) is 4.69. The second-order valence-electron chi connectivity index (χ2n) is 7.33. The highest BCUT2D eigenvalue weighted by Crippen LogP contribution is 2.30. The van der Waals surface area contributed by atoms with Crippen molar-refractivity contribution in [1.82, 2.24) is 19.8 Å². The quantitative estimate of drug-likeness (QED) is 0.761. The largest absolute Gasteiger partial charge is 0.466 e. The number of nitrogens with one attached hydrogen (secondary N) is 1. The minimum absolute atomic E-state index is 0.150. The Bertz CT molecular complexity index is 949. The highest BCUT2D eigenvalue weighted by molar-refractivity contribution is 7.20. The number of carbonyl (C=O) groups is 2. The maximum Gasteiger partial charge on any atom is 0.310 e. The predicted octanol–water partition coefficient (Wildman–Crippen LogP) is 1.77. The normalized spacial score (nSPS) is 17.3. The number of aryl methyl sites for hydroxylation is 1. The van der Waals surface area contributed by atoms with Crippen LogP contribution in [0.3, 0.4) is 0 Å². The number of H-pyrrole nitrogens is 1. The van der Waals surface area contributed by atoms with Gasteiger partial charge in [-0.1, -0.05) is 0 Å². The number of nitrogens with zero attached hydrogens (tertiary/aromatic N) is 3. The van der Waals surface area contributed by atoms with Crippen LogP contribution < -0.4 is 5.56 Å². The molecule has 0 saturated carbocycles. The summed E-state index contributed by atoms with van der Waals surface area (Å²) in [5, 5.41) is 0.467. The lowest BCUT2D eigenvalue weighted by atomic mass is 9.98. The van der Waals surface area contributed by atoms with Crippen LogP contribution in [-0.2, 0) is 16.1 Å². The number of carbonyl (C=O) groups excluding carboxylic acids is 2. The minimum Gasteiger partial charge on any atom is -0.466 e. The van der Waals surface area contributed by atoms with Gasteiger partial charge in [0.25, 0.3) is 11.5 Å². The summed E-state index contributed by atoms with van der Waals surface area (Å²) < 4.78 is 5.11. The number of amides is 1. The summed E-state index contributed by atoms with van der Waals surface area (Å²) in [6, 6.07) is 0. The van der Waals surface area contributed by atoms with E-state index in [9.17, 15) is 14.4 Å². The Labute approximate surface area is 167 Å². The van der Waals surface area contributed by atoms with Crippen molar-refractivity contribution in [3.8, 4) is 0 Å². The van der Waals surface area contributed by atoms with Gasteiger partial charge in [-0.25, -0.2) is 4.98 Å². The first-order valence-electron chi connectivity index (χ1n) is 9.44. The zero-order valence-electron chi connectivity index (χ0n) is 16.7. The van der Waals surface area contributed by atoms with Gasteiger partial charge in [-0.15, -0.1) is 11.3 Å². The van der Waals surface area contributed by atoms with Gasteiger partial charge in [0, 0.05) is 13.1 Å². The summed E-state index contributed by atoms with van der Waals surface area (Å²) >= 11 is 1.24. The monoisotopic (exact) mass is 406 g/mol. The second kappa shape index (κ2) is 8.40. The molecule has 9 heteroatoms. The third-order valence-corrected chi connectivity index (χ3v) is 6.01. The van der Waals surface area contributed by atoms with Crippen LogP contribution in [0.15, 0.2) is 4.79 Å². The van der Waals surface area contributed by atoms with Gasteiger partial charge in [0.1, 0.15) is 10.7 Å². The fraction of sp³-hybridized carbons (Fsp3) is 0.579. The maximum atomic E-state index is 13.1. The molecule has 0 spiro atoms. The van der Waals surface area contributed by atoms with Gasteiger partial charge < -0.3 is 19.5 Å². The highest BCUT2D eigenvalue weighted by atomic mass is 32.1. The molecule has 2 aromatic heterocycles. The number of hydrogen-bond acceptors (Lipinski definition) is 7. The number of thiophene rings is 1. The van der Waals surface area contributed by atoms with Gasteiger partial charge in [0.15, 0.2) is 0 Å². The number of piperidine rings is 1. The summed E-state index contributed by atoms with van der Waals surface area (Å²) in [6.45, 7) is 5.35. The summed E-state index contributed by atoms with van der Waals surface area (Å²) in [6.07, 6.45) is 1.48. The molecule has 1 fully saturated rings. The first-order valence-corrected chi connectivity index (χ1v) is 10.3. The van der Waals surface area contributed by atoms with Crippen LogP contribution >= 0.6 is 11.3 Å². The van der Waals surface area contributed by atoms with E-state index >= 15 is 0 Å². The molecule has 1 aliphatic rings. The van der Waals surface area contributed by atoms with Gasteiger partial charge in [-0.2, -0.15) is 0 Å². The molecule has 0 radical (unpaired) electrons. The molecule has 1 amide bonds. The average Bonchev–Trinajstić information content (AvgIpc) is 2.97. The fourth-order valence-electron chi connectivity index (χ4n) is 3.52. The van der Waals surface area contributed by atoms with Crippen molar-refractivity contribution in [3.63, 3.8) is 0 Å². The SMILES string of the molecule is CCOC(=O)C1CCCN(C(=O)c2sc3nc(CN(C)C)[nH]c(=O)c3c2C)C1. The molecule has 1 aliphatic heterocycles. The Morgan fingerprint density at radius 3 is 2.82 bits per heavy atom. The van der Waals surface area contributed by atoms with Crippen LogP contribution in [0.5, 0.6) is 0 Å². The lowest BCUT2D eigenvalue weighted by Gasteiger charge is -2.31. The summed E-state index contributed by atoms with van der Waals surface area (Å²) in [4.78, 5) is 49.7. The molecule has 0 bridgehead atoms. The highest BCUT2D eigenvalue weighted by Gasteiger charge is 2.31. The van der Waals surface area contributed by atoms with E-state index in [1.165, 1.54) is 11.3 Å². The Kier molecular flexibility index (Phi) is 6.14. The lowest BCUT2D eigenvalue weighted by molar-refractivity contribution is -0.149. The zero-order valence-corrected chi connectivity index (χ0v) is 17.5. The first kappa shape index (κ1) is 20.5. The number of ether oxygens (including phenoxy) is 1. The van der Waals surface area contributed by atoms with Gasteiger partial charge in [0.2, 0.25) is 0 Å². The topological polar surface area (TPSA) is 95.6 Å². The Balaban J connectivity index is 1.89. The molecule has 3 rings (SSSR count). The molecule has 8 nitrogen and oxygen atoms in total. The molecule has 2 aromatic rings.